The lowest BCUT2D eigenvalue weighted by molar-refractivity contribution is -0.0106. The molecule has 0 spiro atoms. The van der Waals surface area contributed by atoms with Gasteiger partial charge in [0.15, 0.2) is 0 Å². The molecule has 1 aromatic heterocycles. The molecule has 0 saturated heterocycles. The predicted octanol–water partition coefficient (Wildman–Crippen LogP) is 1.79. The maximum absolute atomic E-state index is 5.79. The Hall–Kier alpha value is -0.940. The van der Waals surface area contributed by atoms with Crippen molar-refractivity contribution in [1.29, 1.82) is 0 Å². The summed E-state index contributed by atoms with van der Waals surface area (Å²) in [5.41, 5.74) is 5.31. The standard InChI is InChI=1S/C11H21N3O2/c1-6-11(4,15-5)10-13-9(16-14-10)7(2)8(3)12/h7-8H,6,12H2,1-5H3. The molecule has 2 N–H and O–H groups in total. The molecule has 0 bridgehead atoms. The van der Waals surface area contributed by atoms with E-state index in [1.54, 1.807) is 7.11 Å². The predicted molar refractivity (Wildman–Crippen MR) is 61.0 cm³/mol. The summed E-state index contributed by atoms with van der Waals surface area (Å²) in [7, 11) is 1.65. The summed E-state index contributed by atoms with van der Waals surface area (Å²) in [6.07, 6.45) is 0.787. The maximum Gasteiger partial charge on any atom is 0.231 e. The van der Waals surface area contributed by atoms with Crippen molar-refractivity contribution in [2.75, 3.05) is 7.11 Å². The highest BCUT2D eigenvalue weighted by Crippen LogP contribution is 2.27. The molecule has 0 fully saturated rings. The summed E-state index contributed by atoms with van der Waals surface area (Å²) >= 11 is 0. The third kappa shape index (κ3) is 2.41. The van der Waals surface area contributed by atoms with Gasteiger partial charge in [0, 0.05) is 13.2 Å². The van der Waals surface area contributed by atoms with Crippen molar-refractivity contribution in [3.63, 3.8) is 0 Å². The lowest BCUT2D eigenvalue weighted by atomic mass is 10.0. The molecule has 16 heavy (non-hydrogen) atoms. The first-order chi connectivity index (χ1) is 7.44. The van der Waals surface area contributed by atoms with E-state index in [9.17, 15) is 0 Å². The Morgan fingerprint density at radius 3 is 2.56 bits per heavy atom. The highest BCUT2D eigenvalue weighted by Gasteiger charge is 2.31. The molecular formula is C11H21N3O2. The largest absolute Gasteiger partial charge is 0.370 e. The summed E-state index contributed by atoms with van der Waals surface area (Å²) in [6.45, 7) is 7.86. The minimum atomic E-state index is -0.487. The first-order valence-electron chi connectivity index (χ1n) is 5.59. The molecule has 0 saturated carbocycles. The number of nitrogens with two attached hydrogens (primary N) is 1. The van der Waals surface area contributed by atoms with Crippen LogP contribution in [0.5, 0.6) is 0 Å². The van der Waals surface area contributed by atoms with Crippen LogP contribution in [0.2, 0.25) is 0 Å². The second-order valence-corrected chi connectivity index (χ2v) is 4.39. The molecular weight excluding hydrogens is 206 g/mol. The quantitative estimate of drug-likeness (QED) is 0.830. The van der Waals surface area contributed by atoms with Crippen LogP contribution in [-0.4, -0.2) is 23.3 Å². The van der Waals surface area contributed by atoms with Crippen molar-refractivity contribution >= 4 is 0 Å². The molecule has 5 nitrogen and oxygen atoms in total. The number of hydrogen-bond acceptors (Lipinski definition) is 5. The lowest BCUT2D eigenvalue weighted by Crippen LogP contribution is -2.26. The summed E-state index contributed by atoms with van der Waals surface area (Å²) < 4.78 is 10.6. The monoisotopic (exact) mass is 227 g/mol. The van der Waals surface area contributed by atoms with Gasteiger partial charge in [0.05, 0.1) is 5.92 Å². The van der Waals surface area contributed by atoms with Crippen molar-refractivity contribution in [2.45, 2.75) is 51.7 Å². The average molecular weight is 227 g/mol. The van der Waals surface area contributed by atoms with Gasteiger partial charge in [-0.3, -0.25) is 0 Å². The summed E-state index contributed by atoms with van der Waals surface area (Å²) in [4.78, 5) is 4.36. The molecule has 5 heteroatoms. The minimum absolute atomic E-state index is 0.0104. The average Bonchev–Trinajstić information content (AvgIpc) is 2.76. The molecule has 0 aliphatic carbocycles. The third-order valence-electron chi connectivity index (χ3n) is 3.22. The highest BCUT2D eigenvalue weighted by molar-refractivity contribution is 5.02. The molecule has 3 atom stereocenters. The van der Waals surface area contributed by atoms with Crippen molar-refractivity contribution in [2.24, 2.45) is 5.73 Å². The van der Waals surface area contributed by atoms with Crippen LogP contribution >= 0.6 is 0 Å². The maximum atomic E-state index is 5.79. The topological polar surface area (TPSA) is 74.2 Å². The Kier molecular flexibility index (Phi) is 4.04. The van der Waals surface area contributed by atoms with E-state index in [0.29, 0.717) is 11.7 Å². The Bertz CT molecular complexity index is 332. The Balaban J connectivity index is 2.94. The second-order valence-electron chi connectivity index (χ2n) is 4.39. The van der Waals surface area contributed by atoms with E-state index in [2.05, 4.69) is 10.1 Å². The fourth-order valence-electron chi connectivity index (χ4n) is 1.25. The normalized spacial score (nSPS) is 19.1. The molecule has 3 unspecified atom stereocenters. The van der Waals surface area contributed by atoms with E-state index in [4.69, 9.17) is 15.0 Å². The van der Waals surface area contributed by atoms with Crippen molar-refractivity contribution in [3.8, 4) is 0 Å². The second kappa shape index (κ2) is 4.93. The molecule has 1 heterocycles. The van der Waals surface area contributed by atoms with Crippen molar-refractivity contribution in [1.82, 2.24) is 10.1 Å². The van der Waals surface area contributed by atoms with Crippen LogP contribution in [0.1, 0.15) is 51.7 Å². The fraction of sp³-hybridized carbons (Fsp3) is 0.818. The van der Waals surface area contributed by atoms with E-state index in [-0.39, 0.29) is 12.0 Å². The number of methoxy groups -OCH3 is 1. The SMILES string of the molecule is CCC(C)(OC)c1noc(C(C)C(C)N)n1. The third-order valence-corrected chi connectivity index (χ3v) is 3.22. The molecule has 1 rings (SSSR count). The van der Waals surface area contributed by atoms with Gasteiger partial charge in [0.2, 0.25) is 11.7 Å². The molecule has 92 valence electrons. The zero-order chi connectivity index (χ0) is 12.3. The summed E-state index contributed by atoms with van der Waals surface area (Å²) in [5, 5.41) is 3.97. The number of rotatable bonds is 5. The number of ether oxygens (including phenoxy) is 1. The zero-order valence-electron chi connectivity index (χ0n) is 10.7. The molecule has 1 aromatic rings. The van der Waals surface area contributed by atoms with Gasteiger partial charge in [-0.2, -0.15) is 4.98 Å². The van der Waals surface area contributed by atoms with E-state index in [0.717, 1.165) is 6.42 Å². The summed E-state index contributed by atoms with van der Waals surface area (Å²) in [5.74, 6) is 1.21. The Morgan fingerprint density at radius 2 is 2.12 bits per heavy atom. The van der Waals surface area contributed by atoms with Gasteiger partial charge in [0.25, 0.3) is 0 Å². The summed E-state index contributed by atoms with van der Waals surface area (Å²) in [6, 6.07) is -0.0104. The van der Waals surface area contributed by atoms with Gasteiger partial charge in [-0.25, -0.2) is 0 Å². The minimum Gasteiger partial charge on any atom is -0.370 e. The van der Waals surface area contributed by atoms with Gasteiger partial charge in [-0.05, 0) is 20.3 Å². The van der Waals surface area contributed by atoms with Crippen molar-refractivity contribution in [3.05, 3.63) is 11.7 Å². The molecule has 0 amide bonds. The smallest absolute Gasteiger partial charge is 0.231 e. The molecule has 0 aromatic carbocycles. The lowest BCUT2D eigenvalue weighted by Gasteiger charge is -2.21. The fourth-order valence-corrected chi connectivity index (χ4v) is 1.25. The van der Waals surface area contributed by atoms with Gasteiger partial charge in [-0.1, -0.05) is 19.0 Å². The van der Waals surface area contributed by atoms with Gasteiger partial charge < -0.3 is 15.0 Å². The van der Waals surface area contributed by atoms with Crippen LogP contribution in [0.3, 0.4) is 0 Å². The highest BCUT2D eigenvalue weighted by atomic mass is 16.5. The number of nitrogens with zero attached hydrogens (tertiary/aromatic N) is 2. The molecule has 0 aliphatic heterocycles. The molecule has 0 aliphatic rings. The van der Waals surface area contributed by atoms with Crippen LogP contribution in [0.4, 0.5) is 0 Å². The van der Waals surface area contributed by atoms with Crippen LogP contribution in [0.15, 0.2) is 4.52 Å². The van der Waals surface area contributed by atoms with Gasteiger partial charge >= 0.3 is 0 Å². The Labute approximate surface area is 96.4 Å². The van der Waals surface area contributed by atoms with E-state index < -0.39 is 5.60 Å². The van der Waals surface area contributed by atoms with Gasteiger partial charge in [-0.15, -0.1) is 0 Å². The number of aromatic nitrogens is 2. The number of hydrogen-bond donors (Lipinski definition) is 1. The Morgan fingerprint density at radius 1 is 1.50 bits per heavy atom. The van der Waals surface area contributed by atoms with E-state index in [1.165, 1.54) is 0 Å². The van der Waals surface area contributed by atoms with Crippen LogP contribution < -0.4 is 5.73 Å². The van der Waals surface area contributed by atoms with Crippen molar-refractivity contribution < 1.29 is 9.26 Å². The van der Waals surface area contributed by atoms with Gasteiger partial charge in [0.1, 0.15) is 5.60 Å². The van der Waals surface area contributed by atoms with Crippen LogP contribution in [0, 0.1) is 0 Å². The zero-order valence-corrected chi connectivity index (χ0v) is 10.7. The van der Waals surface area contributed by atoms with E-state index >= 15 is 0 Å². The van der Waals surface area contributed by atoms with Crippen LogP contribution in [0.25, 0.3) is 0 Å². The van der Waals surface area contributed by atoms with E-state index in [1.807, 2.05) is 27.7 Å². The molecule has 0 radical (unpaired) electrons. The first-order valence-corrected chi connectivity index (χ1v) is 5.59. The van der Waals surface area contributed by atoms with Crippen LogP contribution in [-0.2, 0) is 10.3 Å². The first kappa shape index (κ1) is 13.1.